The van der Waals surface area contributed by atoms with Crippen molar-refractivity contribution in [3.8, 4) is 0 Å². The number of halogens is 3. The zero-order valence-electron chi connectivity index (χ0n) is 10.6. The van der Waals surface area contributed by atoms with Crippen LogP contribution in [0, 0.1) is 18.8 Å². The first kappa shape index (κ1) is 14.4. The van der Waals surface area contributed by atoms with Crippen LogP contribution in [0.3, 0.4) is 0 Å². The minimum Gasteiger partial charge on any atom is -0.369 e. The van der Waals surface area contributed by atoms with Crippen molar-refractivity contribution in [2.24, 2.45) is 17.6 Å². The number of aryl methyl sites for hydroxylation is 1. The van der Waals surface area contributed by atoms with Crippen molar-refractivity contribution in [1.82, 2.24) is 15.1 Å². The van der Waals surface area contributed by atoms with Crippen LogP contribution in [0.25, 0.3) is 0 Å². The lowest BCUT2D eigenvalue weighted by atomic mass is 9.95. The number of rotatable bonds is 2. The lowest BCUT2D eigenvalue weighted by molar-refractivity contribution is -0.182. The molecule has 1 aliphatic heterocycles. The monoisotopic (exact) mass is 290 g/mol. The van der Waals surface area contributed by atoms with Crippen LogP contribution in [0.15, 0.2) is 6.07 Å². The molecule has 2 amide bonds. The lowest BCUT2D eigenvalue weighted by Gasteiger charge is -2.18. The van der Waals surface area contributed by atoms with Gasteiger partial charge in [-0.3, -0.25) is 14.7 Å². The van der Waals surface area contributed by atoms with Crippen LogP contribution in [0.4, 0.5) is 13.2 Å². The van der Waals surface area contributed by atoms with Gasteiger partial charge in [0.2, 0.25) is 5.91 Å². The van der Waals surface area contributed by atoms with E-state index in [-0.39, 0.29) is 12.2 Å². The Morgan fingerprint density at radius 3 is 2.50 bits per heavy atom. The van der Waals surface area contributed by atoms with Crippen molar-refractivity contribution in [2.75, 3.05) is 13.1 Å². The van der Waals surface area contributed by atoms with Crippen LogP contribution in [0.5, 0.6) is 0 Å². The van der Waals surface area contributed by atoms with Gasteiger partial charge in [0.05, 0.1) is 11.8 Å². The van der Waals surface area contributed by atoms with Gasteiger partial charge in [-0.25, -0.2) is 0 Å². The molecule has 3 N–H and O–H groups in total. The fourth-order valence-electron chi connectivity index (χ4n) is 2.28. The van der Waals surface area contributed by atoms with Gasteiger partial charge in [-0.15, -0.1) is 0 Å². The minimum absolute atomic E-state index is 0.0218. The first-order valence-electron chi connectivity index (χ1n) is 5.87. The normalized spacial score (nSPS) is 23.1. The van der Waals surface area contributed by atoms with Gasteiger partial charge in [0.1, 0.15) is 5.69 Å². The molecule has 2 atom stereocenters. The summed E-state index contributed by atoms with van der Waals surface area (Å²) in [5.41, 5.74) is 5.63. The summed E-state index contributed by atoms with van der Waals surface area (Å²) in [4.78, 5) is 24.1. The summed E-state index contributed by atoms with van der Waals surface area (Å²) in [6, 6.07) is 1.43. The van der Waals surface area contributed by atoms with Crippen molar-refractivity contribution in [3.63, 3.8) is 0 Å². The van der Waals surface area contributed by atoms with E-state index in [2.05, 4.69) is 10.2 Å². The van der Waals surface area contributed by atoms with E-state index in [1.165, 1.54) is 6.07 Å². The van der Waals surface area contributed by atoms with Crippen LogP contribution in [0.2, 0.25) is 0 Å². The van der Waals surface area contributed by atoms with Gasteiger partial charge in [0.15, 0.2) is 0 Å². The standard InChI is InChI=1S/C11H13F3N4O2/c1-5-2-8(17-16-5)10(20)18-3-6(9(15)19)7(4-18)11(12,13)14/h2,6-7H,3-4H2,1H3,(H2,15,19)(H,16,17)/t6-,7-/m1/s1. The largest absolute Gasteiger partial charge is 0.394 e. The van der Waals surface area contributed by atoms with Gasteiger partial charge in [0, 0.05) is 18.8 Å². The number of nitrogens with zero attached hydrogens (tertiary/aromatic N) is 2. The van der Waals surface area contributed by atoms with Crippen LogP contribution in [-0.2, 0) is 4.79 Å². The van der Waals surface area contributed by atoms with Gasteiger partial charge < -0.3 is 10.6 Å². The first-order chi connectivity index (χ1) is 9.20. The SMILES string of the molecule is Cc1cc(C(=O)N2C[C@@H](C(F)(F)F)[C@H](C(N)=O)C2)n[nH]1. The molecule has 1 fully saturated rings. The minimum atomic E-state index is -4.57. The Morgan fingerprint density at radius 2 is 2.10 bits per heavy atom. The molecule has 2 rings (SSSR count). The maximum atomic E-state index is 12.8. The van der Waals surface area contributed by atoms with Gasteiger partial charge >= 0.3 is 6.18 Å². The van der Waals surface area contributed by atoms with E-state index in [1.807, 2.05) is 0 Å². The molecule has 0 spiro atoms. The van der Waals surface area contributed by atoms with E-state index in [0.717, 1.165) is 4.90 Å². The predicted molar refractivity (Wildman–Crippen MR) is 61.5 cm³/mol. The summed E-state index contributed by atoms with van der Waals surface area (Å²) < 4.78 is 38.5. The van der Waals surface area contributed by atoms with E-state index >= 15 is 0 Å². The predicted octanol–water partition coefficient (Wildman–Crippen LogP) is 0.454. The summed E-state index contributed by atoms with van der Waals surface area (Å²) in [5, 5.41) is 6.24. The molecule has 0 aliphatic carbocycles. The van der Waals surface area contributed by atoms with Crippen molar-refractivity contribution >= 4 is 11.8 Å². The van der Waals surface area contributed by atoms with E-state index < -0.39 is 36.4 Å². The molecule has 0 saturated carbocycles. The number of aromatic nitrogens is 2. The van der Waals surface area contributed by atoms with Gasteiger partial charge in [0.25, 0.3) is 5.91 Å². The number of nitrogens with two attached hydrogens (primary N) is 1. The van der Waals surface area contributed by atoms with Gasteiger partial charge in [-0.05, 0) is 13.0 Å². The Hall–Kier alpha value is -2.06. The lowest BCUT2D eigenvalue weighted by Crippen LogP contribution is -2.37. The average Bonchev–Trinajstić information content (AvgIpc) is 2.93. The van der Waals surface area contributed by atoms with Gasteiger partial charge in [-0.1, -0.05) is 0 Å². The summed E-state index contributed by atoms with van der Waals surface area (Å²) in [5.74, 6) is -5.05. The maximum Gasteiger partial charge on any atom is 0.394 e. The molecule has 110 valence electrons. The molecule has 6 nitrogen and oxygen atoms in total. The number of primary amides is 1. The van der Waals surface area contributed by atoms with Crippen molar-refractivity contribution in [3.05, 3.63) is 17.5 Å². The molecular formula is C11H13F3N4O2. The Bertz CT molecular complexity index is 540. The highest BCUT2D eigenvalue weighted by Crippen LogP contribution is 2.37. The molecule has 2 heterocycles. The molecular weight excluding hydrogens is 277 g/mol. The van der Waals surface area contributed by atoms with Crippen LogP contribution < -0.4 is 5.73 Å². The number of aromatic amines is 1. The van der Waals surface area contributed by atoms with E-state index in [4.69, 9.17) is 5.73 Å². The smallest absolute Gasteiger partial charge is 0.369 e. The highest BCUT2D eigenvalue weighted by Gasteiger charge is 2.53. The second-order valence-electron chi connectivity index (χ2n) is 4.80. The maximum absolute atomic E-state index is 12.8. The zero-order chi connectivity index (χ0) is 15.1. The molecule has 20 heavy (non-hydrogen) atoms. The Morgan fingerprint density at radius 1 is 1.45 bits per heavy atom. The molecule has 0 bridgehead atoms. The third kappa shape index (κ3) is 2.61. The van der Waals surface area contributed by atoms with Crippen LogP contribution >= 0.6 is 0 Å². The van der Waals surface area contributed by atoms with Crippen molar-refractivity contribution < 1.29 is 22.8 Å². The van der Waals surface area contributed by atoms with Crippen LogP contribution in [-0.4, -0.2) is 46.2 Å². The summed E-state index contributed by atoms with van der Waals surface area (Å²) in [6.07, 6.45) is -4.57. The number of alkyl halides is 3. The Kier molecular flexibility index (Phi) is 3.45. The molecule has 1 aromatic heterocycles. The fraction of sp³-hybridized carbons (Fsp3) is 0.545. The van der Waals surface area contributed by atoms with Crippen LogP contribution in [0.1, 0.15) is 16.2 Å². The molecule has 0 aromatic carbocycles. The Balaban J connectivity index is 2.20. The number of likely N-dealkylation sites (tertiary alicyclic amines) is 1. The van der Waals surface area contributed by atoms with E-state index in [1.54, 1.807) is 6.92 Å². The highest BCUT2D eigenvalue weighted by molar-refractivity contribution is 5.93. The number of H-pyrrole nitrogens is 1. The van der Waals surface area contributed by atoms with E-state index in [9.17, 15) is 22.8 Å². The highest BCUT2D eigenvalue weighted by atomic mass is 19.4. The third-order valence-corrected chi connectivity index (χ3v) is 3.32. The number of carbonyl (C=O) groups is 2. The van der Waals surface area contributed by atoms with Gasteiger partial charge in [-0.2, -0.15) is 18.3 Å². The zero-order valence-corrected chi connectivity index (χ0v) is 10.6. The molecule has 0 unspecified atom stereocenters. The van der Waals surface area contributed by atoms with Crippen molar-refractivity contribution in [2.45, 2.75) is 13.1 Å². The molecule has 0 radical (unpaired) electrons. The van der Waals surface area contributed by atoms with Crippen molar-refractivity contribution in [1.29, 1.82) is 0 Å². The quantitative estimate of drug-likeness (QED) is 0.828. The summed E-state index contributed by atoms with van der Waals surface area (Å²) in [6.45, 7) is 0.741. The Labute approximate surface area is 112 Å². The molecule has 9 heteroatoms. The number of hydrogen-bond donors (Lipinski definition) is 2. The fourth-order valence-corrected chi connectivity index (χ4v) is 2.28. The second kappa shape index (κ2) is 4.80. The molecule has 1 aromatic rings. The first-order valence-corrected chi connectivity index (χ1v) is 5.87. The average molecular weight is 290 g/mol. The molecule has 1 aliphatic rings. The summed E-state index contributed by atoms with van der Waals surface area (Å²) in [7, 11) is 0. The number of carbonyl (C=O) groups excluding carboxylic acids is 2. The number of amides is 2. The second-order valence-corrected chi connectivity index (χ2v) is 4.80. The number of nitrogens with one attached hydrogen (secondary N) is 1. The van der Waals surface area contributed by atoms with E-state index in [0.29, 0.717) is 5.69 Å². The third-order valence-electron chi connectivity index (χ3n) is 3.32. The number of hydrogen-bond acceptors (Lipinski definition) is 3. The topological polar surface area (TPSA) is 92.1 Å². The summed E-state index contributed by atoms with van der Waals surface area (Å²) >= 11 is 0. The molecule has 1 saturated heterocycles.